The highest BCUT2D eigenvalue weighted by atomic mass is 32.1. The number of benzene rings is 1. The van der Waals surface area contributed by atoms with Crippen LogP contribution in [0.2, 0.25) is 0 Å². The third-order valence-electron chi connectivity index (χ3n) is 4.97. The van der Waals surface area contributed by atoms with Crippen molar-refractivity contribution in [3.63, 3.8) is 0 Å². The highest BCUT2D eigenvalue weighted by Crippen LogP contribution is 2.29. The molecule has 0 saturated heterocycles. The summed E-state index contributed by atoms with van der Waals surface area (Å²) in [5.41, 5.74) is 3.07. The molecule has 3 rings (SSSR count). The maximum Gasteiger partial charge on any atom is 0.306 e. The molecular formula is C22H25NO4S. The minimum absolute atomic E-state index is 0.0211. The summed E-state index contributed by atoms with van der Waals surface area (Å²) in [5.74, 6) is -0.912. The number of carbonyl (C=O) groups excluding carboxylic acids is 3. The van der Waals surface area contributed by atoms with Crippen molar-refractivity contribution in [2.24, 2.45) is 0 Å². The molecule has 0 fully saturated rings. The first-order valence-corrected chi connectivity index (χ1v) is 10.4. The molecule has 5 nitrogen and oxygen atoms in total. The zero-order valence-corrected chi connectivity index (χ0v) is 17.1. The molecular weight excluding hydrogens is 374 g/mol. The average molecular weight is 400 g/mol. The van der Waals surface area contributed by atoms with Crippen molar-refractivity contribution in [1.29, 1.82) is 0 Å². The molecule has 6 heteroatoms. The number of nitrogens with one attached hydrogen (secondary N) is 1. The number of ketones is 1. The van der Waals surface area contributed by atoms with Gasteiger partial charge in [-0.3, -0.25) is 14.4 Å². The number of carbonyl (C=O) groups is 3. The van der Waals surface area contributed by atoms with E-state index in [0.29, 0.717) is 5.56 Å². The molecule has 1 N–H and O–H groups in total. The van der Waals surface area contributed by atoms with Gasteiger partial charge in [-0.2, -0.15) is 0 Å². The molecule has 2 aromatic rings. The highest BCUT2D eigenvalue weighted by molar-refractivity contribution is 7.12. The largest absolute Gasteiger partial charge is 0.456 e. The lowest BCUT2D eigenvalue weighted by Crippen LogP contribution is -2.34. The number of hydrogen-bond acceptors (Lipinski definition) is 5. The van der Waals surface area contributed by atoms with Crippen molar-refractivity contribution in [3.8, 4) is 0 Å². The van der Waals surface area contributed by atoms with Crippen molar-refractivity contribution >= 4 is 29.0 Å². The minimum Gasteiger partial charge on any atom is -0.456 e. The zero-order valence-electron chi connectivity index (χ0n) is 16.2. The predicted molar refractivity (Wildman–Crippen MR) is 109 cm³/mol. The predicted octanol–water partition coefficient (Wildman–Crippen LogP) is 4.06. The van der Waals surface area contributed by atoms with E-state index in [1.54, 1.807) is 11.3 Å². The molecule has 148 valence electrons. The van der Waals surface area contributed by atoms with Crippen LogP contribution in [0.4, 0.5) is 0 Å². The van der Waals surface area contributed by atoms with Gasteiger partial charge in [0.25, 0.3) is 5.91 Å². The van der Waals surface area contributed by atoms with E-state index in [4.69, 9.17) is 4.74 Å². The summed E-state index contributed by atoms with van der Waals surface area (Å²) in [6, 6.07) is 9.90. The van der Waals surface area contributed by atoms with Gasteiger partial charge in [0, 0.05) is 21.7 Å². The second-order valence-corrected chi connectivity index (χ2v) is 8.58. The molecule has 1 amide bonds. The number of thiophene rings is 1. The van der Waals surface area contributed by atoms with E-state index in [1.165, 1.54) is 5.56 Å². The summed E-state index contributed by atoms with van der Waals surface area (Å²) in [5, 5.41) is 2.95. The van der Waals surface area contributed by atoms with Crippen LogP contribution in [-0.4, -0.2) is 24.3 Å². The van der Waals surface area contributed by atoms with Crippen LogP contribution in [0.25, 0.3) is 0 Å². The van der Waals surface area contributed by atoms with Crippen LogP contribution in [0, 0.1) is 13.8 Å². The maximum atomic E-state index is 12.2. The Labute approximate surface area is 169 Å². The minimum atomic E-state index is -0.530. The Morgan fingerprint density at radius 2 is 1.96 bits per heavy atom. The SMILES string of the molecule is Cc1cc(C(=O)CCC(=O)OCC(=O)N[C@H]2CCCc3ccccc32)c(C)s1. The molecule has 0 aliphatic heterocycles. The summed E-state index contributed by atoms with van der Waals surface area (Å²) in [6.45, 7) is 3.53. The lowest BCUT2D eigenvalue weighted by Gasteiger charge is -2.26. The van der Waals surface area contributed by atoms with E-state index in [-0.39, 0.29) is 37.2 Å². The molecule has 1 heterocycles. The van der Waals surface area contributed by atoms with E-state index >= 15 is 0 Å². The van der Waals surface area contributed by atoms with Crippen LogP contribution >= 0.6 is 11.3 Å². The van der Waals surface area contributed by atoms with Crippen molar-refractivity contribution in [3.05, 3.63) is 56.8 Å². The Morgan fingerprint density at radius 3 is 2.71 bits per heavy atom. The number of rotatable bonds is 7. The molecule has 1 aliphatic carbocycles. The van der Waals surface area contributed by atoms with Gasteiger partial charge in [0.05, 0.1) is 12.5 Å². The first kappa shape index (κ1) is 20.3. The topological polar surface area (TPSA) is 72.5 Å². The van der Waals surface area contributed by atoms with E-state index in [1.807, 2.05) is 38.1 Å². The molecule has 0 bridgehead atoms. The normalized spacial score (nSPS) is 15.6. The zero-order chi connectivity index (χ0) is 20.1. The second-order valence-electron chi connectivity index (χ2n) is 7.12. The highest BCUT2D eigenvalue weighted by Gasteiger charge is 2.22. The number of fused-ring (bicyclic) bond motifs is 1. The molecule has 0 radical (unpaired) electrons. The van der Waals surface area contributed by atoms with Crippen LogP contribution < -0.4 is 5.32 Å². The number of aryl methyl sites for hydroxylation is 3. The fourth-order valence-corrected chi connectivity index (χ4v) is 4.56. The molecule has 28 heavy (non-hydrogen) atoms. The molecule has 1 atom stereocenters. The van der Waals surface area contributed by atoms with Gasteiger partial charge in [-0.25, -0.2) is 0 Å². The lowest BCUT2D eigenvalue weighted by molar-refractivity contribution is -0.148. The fourth-order valence-electron chi connectivity index (χ4n) is 3.62. The lowest BCUT2D eigenvalue weighted by atomic mass is 9.88. The number of hydrogen-bond donors (Lipinski definition) is 1. The third kappa shape index (κ3) is 5.07. The van der Waals surface area contributed by atoms with Gasteiger partial charge in [-0.05, 0) is 50.3 Å². The second kappa shape index (κ2) is 9.15. The first-order valence-electron chi connectivity index (χ1n) is 9.57. The molecule has 1 aromatic carbocycles. The monoisotopic (exact) mass is 399 g/mol. The van der Waals surface area contributed by atoms with Gasteiger partial charge in [-0.1, -0.05) is 24.3 Å². The Kier molecular flexibility index (Phi) is 6.62. The van der Waals surface area contributed by atoms with Crippen LogP contribution in [0.15, 0.2) is 30.3 Å². The number of esters is 1. The standard InChI is InChI=1S/C22H25NO4S/c1-14-12-18(15(2)28-14)20(24)10-11-22(26)27-13-21(25)23-19-9-5-7-16-6-3-4-8-17(16)19/h3-4,6,8,12,19H,5,7,9-11,13H2,1-2H3,(H,23,25)/t19-/m0/s1. The van der Waals surface area contributed by atoms with Gasteiger partial charge >= 0.3 is 5.97 Å². The molecule has 0 saturated carbocycles. The van der Waals surface area contributed by atoms with Crippen LogP contribution in [0.3, 0.4) is 0 Å². The maximum absolute atomic E-state index is 12.2. The summed E-state index contributed by atoms with van der Waals surface area (Å²) < 4.78 is 5.05. The summed E-state index contributed by atoms with van der Waals surface area (Å²) in [4.78, 5) is 38.3. The average Bonchev–Trinajstić information content (AvgIpc) is 3.03. The Bertz CT molecular complexity index is 886. The van der Waals surface area contributed by atoms with Crippen molar-refractivity contribution < 1.29 is 19.1 Å². The summed E-state index contributed by atoms with van der Waals surface area (Å²) in [7, 11) is 0. The summed E-state index contributed by atoms with van der Waals surface area (Å²) in [6.07, 6.45) is 2.99. The summed E-state index contributed by atoms with van der Waals surface area (Å²) >= 11 is 1.57. The third-order valence-corrected chi connectivity index (χ3v) is 5.93. The van der Waals surface area contributed by atoms with E-state index in [2.05, 4.69) is 11.4 Å². The molecule has 1 aliphatic rings. The van der Waals surface area contributed by atoms with Gasteiger partial charge in [0.2, 0.25) is 0 Å². The Balaban J connectivity index is 1.43. The molecule has 0 unspecified atom stereocenters. The van der Waals surface area contributed by atoms with E-state index in [0.717, 1.165) is 34.6 Å². The molecule has 0 spiro atoms. The molecule has 1 aromatic heterocycles. The number of ether oxygens (including phenoxy) is 1. The fraction of sp³-hybridized carbons (Fsp3) is 0.409. The number of amides is 1. The van der Waals surface area contributed by atoms with Gasteiger partial charge in [0.1, 0.15) is 0 Å². The quantitative estimate of drug-likeness (QED) is 0.563. The van der Waals surface area contributed by atoms with Gasteiger partial charge < -0.3 is 10.1 Å². The van der Waals surface area contributed by atoms with Crippen molar-refractivity contribution in [2.45, 2.75) is 52.0 Å². The van der Waals surface area contributed by atoms with Gasteiger partial charge in [-0.15, -0.1) is 11.3 Å². The Morgan fingerprint density at radius 1 is 1.18 bits per heavy atom. The Hall–Kier alpha value is -2.47. The van der Waals surface area contributed by atoms with Gasteiger partial charge in [0.15, 0.2) is 12.4 Å². The van der Waals surface area contributed by atoms with Crippen LogP contribution in [0.1, 0.15) is 63.0 Å². The van der Waals surface area contributed by atoms with Crippen molar-refractivity contribution in [1.82, 2.24) is 5.32 Å². The first-order chi connectivity index (χ1) is 13.4. The van der Waals surface area contributed by atoms with E-state index in [9.17, 15) is 14.4 Å². The van der Waals surface area contributed by atoms with Crippen LogP contribution in [-0.2, 0) is 20.7 Å². The van der Waals surface area contributed by atoms with Crippen LogP contribution in [0.5, 0.6) is 0 Å². The van der Waals surface area contributed by atoms with Crippen molar-refractivity contribution in [2.75, 3.05) is 6.61 Å². The van der Waals surface area contributed by atoms with E-state index < -0.39 is 5.97 Å². The smallest absolute Gasteiger partial charge is 0.306 e. The number of Topliss-reactive ketones (excluding diaryl/α,β-unsaturated/α-hetero) is 1.